The monoisotopic (exact) mass is 243 g/mol. The minimum Gasteiger partial charge on any atom is -0.393 e. The second kappa shape index (κ2) is 5.32. The third kappa shape index (κ3) is 3.20. The number of hydrogen-bond donors (Lipinski definition) is 1. The summed E-state index contributed by atoms with van der Waals surface area (Å²) in [6, 6.07) is 0. The Morgan fingerprint density at radius 2 is 2.47 bits per heavy atom. The molecule has 1 aliphatic rings. The van der Waals surface area contributed by atoms with E-state index >= 15 is 0 Å². The maximum Gasteiger partial charge on any atom is 0.106 e. The Balaban J connectivity index is 1.99. The number of aromatic nitrogens is 1. The van der Waals surface area contributed by atoms with Crippen LogP contribution in [0.5, 0.6) is 0 Å². The van der Waals surface area contributed by atoms with Crippen molar-refractivity contribution in [2.24, 2.45) is 0 Å². The first kappa shape index (κ1) is 11.4. The van der Waals surface area contributed by atoms with Crippen LogP contribution in [0.1, 0.15) is 42.1 Å². The van der Waals surface area contributed by atoms with E-state index in [2.05, 4.69) is 10.4 Å². The summed E-state index contributed by atoms with van der Waals surface area (Å²) in [6.45, 7) is 1.81. The molecule has 1 saturated heterocycles. The average Bonchev–Trinajstić information content (AvgIpc) is 2.67. The van der Waals surface area contributed by atoms with Crippen LogP contribution >= 0.6 is 23.1 Å². The van der Waals surface area contributed by atoms with Gasteiger partial charge in [-0.15, -0.1) is 11.3 Å². The normalized spacial score (nSPS) is 24.0. The first-order valence-corrected chi connectivity index (χ1v) is 7.42. The number of thiazole rings is 1. The molecule has 1 aromatic rings. The van der Waals surface area contributed by atoms with Crippen molar-refractivity contribution >= 4 is 23.1 Å². The number of hydrogen-bond acceptors (Lipinski definition) is 4. The first-order chi connectivity index (χ1) is 7.25. The van der Waals surface area contributed by atoms with E-state index in [0.717, 1.165) is 5.69 Å². The summed E-state index contributed by atoms with van der Waals surface area (Å²) < 4.78 is 0. The van der Waals surface area contributed by atoms with Crippen molar-refractivity contribution in [1.82, 2.24) is 4.98 Å². The predicted octanol–water partition coefficient (Wildman–Crippen LogP) is 3.02. The molecule has 84 valence electrons. The smallest absolute Gasteiger partial charge is 0.106 e. The summed E-state index contributed by atoms with van der Waals surface area (Å²) >= 11 is 3.79. The van der Waals surface area contributed by atoms with Crippen LogP contribution in [0.2, 0.25) is 0 Å². The van der Waals surface area contributed by atoms with Gasteiger partial charge in [-0.3, -0.25) is 0 Å². The fourth-order valence-corrected chi connectivity index (χ4v) is 4.20. The standard InChI is InChI=1S/C11H17NOS2/c1-8(13)6-9-7-15-11(12-9)10-4-2-3-5-14-10/h7-8,10,13H,2-6H2,1H3. The molecule has 1 N–H and O–H groups in total. The highest BCUT2D eigenvalue weighted by Crippen LogP contribution is 2.39. The predicted molar refractivity (Wildman–Crippen MR) is 66.5 cm³/mol. The van der Waals surface area contributed by atoms with Crippen molar-refractivity contribution in [3.05, 3.63) is 16.1 Å². The molecule has 2 unspecified atom stereocenters. The number of aliphatic hydroxyl groups excluding tert-OH is 1. The van der Waals surface area contributed by atoms with Crippen molar-refractivity contribution < 1.29 is 5.11 Å². The Bertz CT molecular complexity index is 305. The van der Waals surface area contributed by atoms with Gasteiger partial charge in [-0.1, -0.05) is 6.42 Å². The van der Waals surface area contributed by atoms with Gasteiger partial charge in [0.2, 0.25) is 0 Å². The molecule has 0 saturated carbocycles. The third-order valence-electron chi connectivity index (χ3n) is 2.53. The Labute approximate surface area is 99.1 Å². The number of rotatable bonds is 3. The van der Waals surface area contributed by atoms with Crippen LogP contribution < -0.4 is 0 Å². The van der Waals surface area contributed by atoms with Crippen molar-refractivity contribution in [3.8, 4) is 0 Å². The largest absolute Gasteiger partial charge is 0.393 e. The molecule has 4 heteroatoms. The zero-order valence-electron chi connectivity index (χ0n) is 8.98. The number of aliphatic hydroxyl groups is 1. The first-order valence-electron chi connectivity index (χ1n) is 5.49. The molecule has 0 aliphatic carbocycles. The summed E-state index contributed by atoms with van der Waals surface area (Å²) in [7, 11) is 0. The summed E-state index contributed by atoms with van der Waals surface area (Å²) in [4.78, 5) is 4.61. The Morgan fingerprint density at radius 1 is 1.60 bits per heavy atom. The van der Waals surface area contributed by atoms with Gasteiger partial charge in [0, 0.05) is 11.8 Å². The second-order valence-electron chi connectivity index (χ2n) is 4.09. The SMILES string of the molecule is CC(O)Cc1csc(C2CCCCS2)n1. The molecule has 15 heavy (non-hydrogen) atoms. The van der Waals surface area contributed by atoms with E-state index in [-0.39, 0.29) is 6.10 Å². The lowest BCUT2D eigenvalue weighted by Crippen LogP contribution is -2.05. The zero-order chi connectivity index (χ0) is 10.7. The zero-order valence-corrected chi connectivity index (χ0v) is 10.6. The lowest BCUT2D eigenvalue weighted by molar-refractivity contribution is 0.194. The van der Waals surface area contributed by atoms with Gasteiger partial charge in [0.15, 0.2) is 0 Å². The molecule has 1 aromatic heterocycles. The Kier molecular flexibility index (Phi) is 4.05. The van der Waals surface area contributed by atoms with Crippen LogP contribution in [0.15, 0.2) is 5.38 Å². The highest BCUT2D eigenvalue weighted by Gasteiger charge is 2.19. The minimum atomic E-state index is -0.279. The van der Waals surface area contributed by atoms with Gasteiger partial charge in [-0.25, -0.2) is 4.98 Å². The summed E-state index contributed by atoms with van der Waals surface area (Å²) in [5.74, 6) is 1.27. The Morgan fingerprint density at radius 3 is 3.13 bits per heavy atom. The van der Waals surface area contributed by atoms with Crippen LogP contribution in [0.25, 0.3) is 0 Å². The molecule has 2 rings (SSSR count). The maximum atomic E-state index is 9.28. The number of nitrogens with zero attached hydrogens (tertiary/aromatic N) is 1. The van der Waals surface area contributed by atoms with Crippen molar-refractivity contribution in [2.75, 3.05) is 5.75 Å². The molecule has 2 atom stereocenters. The fraction of sp³-hybridized carbons (Fsp3) is 0.727. The molecule has 1 aliphatic heterocycles. The molecular formula is C11H17NOS2. The average molecular weight is 243 g/mol. The molecule has 0 aromatic carbocycles. The summed E-state index contributed by atoms with van der Waals surface area (Å²) in [5, 5.41) is 13.3. The van der Waals surface area contributed by atoms with Gasteiger partial charge in [0.25, 0.3) is 0 Å². The third-order valence-corrected chi connectivity index (χ3v) is 5.07. The molecule has 0 amide bonds. The minimum absolute atomic E-state index is 0.279. The highest BCUT2D eigenvalue weighted by molar-refractivity contribution is 7.99. The Hall–Kier alpha value is -0.0600. The van der Waals surface area contributed by atoms with Crippen molar-refractivity contribution in [3.63, 3.8) is 0 Å². The van der Waals surface area contributed by atoms with Crippen LogP contribution in [-0.4, -0.2) is 21.9 Å². The van der Waals surface area contributed by atoms with E-state index in [1.807, 2.05) is 18.7 Å². The second-order valence-corrected chi connectivity index (χ2v) is 6.29. The summed E-state index contributed by atoms with van der Waals surface area (Å²) in [5.41, 5.74) is 1.05. The van der Waals surface area contributed by atoms with E-state index in [1.54, 1.807) is 11.3 Å². The van der Waals surface area contributed by atoms with E-state index in [4.69, 9.17) is 0 Å². The summed E-state index contributed by atoms with van der Waals surface area (Å²) in [6.07, 6.45) is 4.37. The maximum absolute atomic E-state index is 9.28. The molecule has 0 bridgehead atoms. The van der Waals surface area contributed by atoms with Crippen LogP contribution in [0.3, 0.4) is 0 Å². The lowest BCUT2D eigenvalue weighted by Gasteiger charge is -2.18. The number of thioether (sulfide) groups is 1. The van der Waals surface area contributed by atoms with Crippen molar-refractivity contribution in [1.29, 1.82) is 0 Å². The van der Waals surface area contributed by atoms with Crippen LogP contribution in [-0.2, 0) is 6.42 Å². The van der Waals surface area contributed by atoms with E-state index in [0.29, 0.717) is 11.7 Å². The molecule has 0 radical (unpaired) electrons. The van der Waals surface area contributed by atoms with E-state index < -0.39 is 0 Å². The van der Waals surface area contributed by atoms with Gasteiger partial charge in [0.05, 0.1) is 17.0 Å². The fourth-order valence-electron chi connectivity index (χ4n) is 1.80. The molecule has 1 fully saturated rings. The molecule has 2 heterocycles. The van der Waals surface area contributed by atoms with Crippen LogP contribution in [0.4, 0.5) is 0 Å². The van der Waals surface area contributed by atoms with Crippen LogP contribution in [0, 0.1) is 0 Å². The topological polar surface area (TPSA) is 33.1 Å². The molecule has 2 nitrogen and oxygen atoms in total. The van der Waals surface area contributed by atoms with Gasteiger partial charge in [-0.2, -0.15) is 11.8 Å². The quantitative estimate of drug-likeness (QED) is 0.886. The highest BCUT2D eigenvalue weighted by atomic mass is 32.2. The van der Waals surface area contributed by atoms with Gasteiger partial charge in [0.1, 0.15) is 5.01 Å². The van der Waals surface area contributed by atoms with E-state index in [9.17, 15) is 5.11 Å². The van der Waals surface area contributed by atoms with Gasteiger partial charge < -0.3 is 5.11 Å². The lowest BCUT2D eigenvalue weighted by atomic mass is 10.2. The van der Waals surface area contributed by atoms with Gasteiger partial charge in [-0.05, 0) is 25.5 Å². The van der Waals surface area contributed by atoms with Crippen molar-refractivity contribution in [2.45, 2.75) is 44.0 Å². The van der Waals surface area contributed by atoms with Gasteiger partial charge >= 0.3 is 0 Å². The van der Waals surface area contributed by atoms with E-state index in [1.165, 1.54) is 30.0 Å². The molecular weight excluding hydrogens is 226 g/mol. The molecule has 0 spiro atoms.